The summed E-state index contributed by atoms with van der Waals surface area (Å²) in [6.45, 7) is 6.41. The summed E-state index contributed by atoms with van der Waals surface area (Å²) < 4.78 is 5.55. The molecule has 0 fully saturated rings. The molecule has 18 heavy (non-hydrogen) atoms. The van der Waals surface area contributed by atoms with Gasteiger partial charge in [0.25, 0.3) is 0 Å². The van der Waals surface area contributed by atoms with Crippen molar-refractivity contribution in [3.63, 3.8) is 0 Å². The van der Waals surface area contributed by atoms with Crippen molar-refractivity contribution in [3.8, 4) is 5.75 Å². The van der Waals surface area contributed by atoms with E-state index >= 15 is 0 Å². The first kappa shape index (κ1) is 14.6. The summed E-state index contributed by atoms with van der Waals surface area (Å²) in [7, 11) is 0. The molecule has 0 aliphatic carbocycles. The van der Waals surface area contributed by atoms with Crippen LogP contribution in [-0.4, -0.2) is 18.7 Å². The summed E-state index contributed by atoms with van der Waals surface area (Å²) in [4.78, 5) is 11.6. The normalized spacial score (nSPS) is 10.3. The summed E-state index contributed by atoms with van der Waals surface area (Å²) in [6, 6.07) is 4.96. The van der Waals surface area contributed by atoms with Gasteiger partial charge < -0.3 is 15.4 Å². The predicted molar refractivity (Wildman–Crippen MR) is 74.5 cm³/mol. The van der Waals surface area contributed by atoms with E-state index in [4.69, 9.17) is 16.3 Å². The van der Waals surface area contributed by atoms with Crippen LogP contribution < -0.4 is 15.4 Å². The minimum atomic E-state index is -0.270. The molecule has 0 saturated carbocycles. The SMILES string of the molecule is CCCOc1ccc(Cl)cc1NC(=O)NC(C)C. The van der Waals surface area contributed by atoms with Crippen molar-refractivity contribution in [3.05, 3.63) is 23.2 Å². The monoisotopic (exact) mass is 270 g/mol. The zero-order valence-corrected chi connectivity index (χ0v) is 11.7. The van der Waals surface area contributed by atoms with Crippen LogP contribution in [0.4, 0.5) is 10.5 Å². The number of rotatable bonds is 5. The molecule has 1 rings (SSSR count). The predicted octanol–water partition coefficient (Wildman–Crippen LogP) is 3.66. The van der Waals surface area contributed by atoms with Crippen LogP contribution in [0, 0.1) is 0 Å². The van der Waals surface area contributed by atoms with Crippen molar-refractivity contribution >= 4 is 23.3 Å². The Hall–Kier alpha value is -1.42. The van der Waals surface area contributed by atoms with Crippen LogP contribution in [0.25, 0.3) is 0 Å². The minimum Gasteiger partial charge on any atom is -0.491 e. The van der Waals surface area contributed by atoms with E-state index in [1.807, 2.05) is 20.8 Å². The molecule has 0 atom stereocenters. The van der Waals surface area contributed by atoms with Crippen molar-refractivity contribution in [2.24, 2.45) is 0 Å². The molecular formula is C13H19ClN2O2. The molecule has 2 amide bonds. The van der Waals surface area contributed by atoms with E-state index in [1.54, 1.807) is 18.2 Å². The second-order valence-electron chi connectivity index (χ2n) is 4.24. The molecule has 0 bridgehead atoms. The first-order valence-corrected chi connectivity index (χ1v) is 6.40. The Labute approximate surface area is 113 Å². The molecule has 1 aromatic rings. The van der Waals surface area contributed by atoms with E-state index in [0.29, 0.717) is 23.1 Å². The van der Waals surface area contributed by atoms with Gasteiger partial charge in [0, 0.05) is 11.1 Å². The average Bonchev–Trinajstić information content (AvgIpc) is 2.26. The van der Waals surface area contributed by atoms with Crippen LogP contribution in [0.15, 0.2) is 18.2 Å². The maximum Gasteiger partial charge on any atom is 0.319 e. The van der Waals surface area contributed by atoms with Gasteiger partial charge in [0.2, 0.25) is 0 Å². The third kappa shape index (κ3) is 4.84. The number of hydrogen-bond acceptors (Lipinski definition) is 2. The maximum absolute atomic E-state index is 11.6. The molecule has 1 aromatic carbocycles. The van der Waals surface area contributed by atoms with Gasteiger partial charge in [0.05, 0.1) is 12.3 Å². The number of nitrogens with one attached hydrogen (secondary N) is 2. The third-order valence-corrected chi connectivity index (χ3v) is 2.31. The molecule has 5 heteroatoms. The fraction of sp³-hybridized carbons (Fsp3) is 0.462. The summed E-state index contributed by atoms with van der Waals surface area (Å²) in [6.07, 6.45) is 0.903. The van der Waals surface area contributed by atoms with Gasteiger partial charge in [-0.2, -0.15) is 0 Å². The van der Waals surface area contributed by atoms with Gasteiger partial charge >= 0.3 is 6.03 Å². The van der Waals surface area contributed by atoms with Gasteiger partial charge in [0.15, 0.2) is 0 Å². The van der Waals surface area contributed by atoms with Gasteiger partial charge in [-0.05, 0) is 38.5 Å². The van der Waals surface area contributed by atoms with Crippen molar-refractivity contribution in [2.75, 3.05) is 11.9 Å². The second kappa shape index (κ2) is 7.11. The van der Waals surface area contributed by atoms with Crippen molar-refractivity contribution < 1.29 is 9.53 Å². The Kier molecular flexibility index (Phi) is 5.78. The van der Waals surface area contributed by atoms with E-state index in [1.165, 1.54) is 0 Å². The van der Waals surface area contributed by atoms with Crippen LogP contribution in [0.1, 0.15) is 27.2 Å². The molecule has 0 radical (unpaired) electrons. The first-order valence-electron chi connectivity index (χ1n) is 6.02. The smallest absolute Gasteiger partial charge is 0.319 e. The van der Waals surface area contributed by atoms with E-state index in [-0.39, 0.29) is 12.1 Å². The van der Waals surface area contributed by atoms with Crippen molar-refractivity contribution in [2.45, 2.75) is 33.2 Å². The Morgan fingerprint density at radius 1 is 1.44 bits per heavy atom. The lowest BCUT2D eigenvalue weighted by Gasteiger charge is -2.14. The lowest BCUT2D eigenvalue weighted by Crippen LogP contribution is -2.34. The first-order chi connectivity index (χ1) is 8.52. The quantitative estimate of drug-likeness (QED) is 0.858. The number of amides is 2. The highest BCUT2D eigenvalue weighted by molar-refractivity contribution is 6.31. The Bertz CT molecular complexity index is 408. The Balaban J connectivity index is 2.78. The highest BCUT2D eigenvalue weighted by Gasteiger charge is 2.09. The van der Waals surface area contributed by atoms with E-state index in [9.17, 15) is 4.79 Å². The zero-order valence-electron chi connectivity index (χ0n) is 10.9. The highest BCUT2D eigenvalue weighted by Crippen LogP contribution is 2.28. The second-order valence-corrected chi connectivity index (χ2v) is 4.68. The molecular weight excluding hydrogens is 252 g/mol. The molecule has 0 unspecified atom stereocenters. The topological polar surface area (TPSA) is 50.4 Å². The highest BCUT2D eigenvalue weighted by atomic mass is 35.5. The number of ether oxygens (including phenoxy) is 1. The summed E-state index contributed by atoms with van der Waals surface area (Å²) >= 11 is 5.91. The number of carbonyl (C=O) groups excluding carboxylic acids is 1. The van der Waals surface area contributed by atoms with Crippen LogP contribution in [0.5, 0.6) is 5.75 Å². The molecule has 0 heterocycles. The fourth-order valence-corrected chi connectivity index (χ4v) is 1.53. The maximum atomic E-state index is 11.6. The lowest BCUT2D eigenvalue weighted by atomic mass is 10.3. The molecule has 4 nitrogen and oxygen atoms in total. The van der Waals surface area contributed by atoms with E-state index in [2.05, 4.69) is 10.6 Å². The van der Waals surface area contributed by atoms with Crippen LogP contribution >= 0.6 is 11.6 Å². The standard InChI is InChI=1S/C13H19ClN2O2/c1-4-7-18-12-6-5-10(14)8-11(12)16-13(17)15-9(2)3/h5-6,8-9H,4,7H2,1-3H3,(H2,15,16,17). The Morgan fingerprint density at radius 3 is 2.78 bits per heavy atom. The zero-order chi connectivity index (χ0) is 13.5. The van der Waals surface area contributed by atoms with Crippen LogP contribution in [0.2, 0.25) is 5.02 Å². The molecule has 100 valence electrons. The van der Waals surface area contributed by atoms with E-state index in [0.717, 1.165) is 6.42 Å². The number of hydrogen-bond donors (Lipinski definition) is 2. The number of urea groups is 1. The molecule has 2 N–H and O–H groups in total. The number of benzene rings is 1. The molecule has 0 aromatic heterocycles. The molecule has 0 aliphatic heterocycles. The molecule has 0 spiro atoms. The number of halogens is 1. The van der Waals surface area contributed by atoms with Crippen LogP contribution in [0.3, 0.4) is 0 Å². The third-order valence-electron chi connectivity index (χ3n) is 2.07. The van der Waals surface area contributed by atoms with Gasteiger partial charge in [-0.3, -0.25) is 0 Å². The Morgan fingerprint density at radius 2 is 2.17 bits per heavy atom. The number of anilines is 1. The average molecular weight is 271 g/mol. The van der Waals surface area contributed by atoms with Crippen molar-refractivity contribution in [1.29, 1.82) is 0 Å². The number of carbonyl (C=O) groups is 1. The summed E-state index contributed by atoms with van der Waals surface area (Å²) in [5.74, 6) is 0.625. The van der Waals surface area contributed by atoms with Crippen LogP contribution in [-0.2, 0) is 0 Å². The fourth-order valence-electron chi connectivity index (χ4n) is 1.36. The van der Waals surface area contributed by atoms with Gasteiger partial charge in [-0.15, -0.1) is 0 Å². The van der Waals surface area contributed by atoms with E-state index < -0.39 is 0 Å². The van der Waals surface area contributed by atoms with Gasteiger partial charge in [-0.1, -0.05) is 18.5 Å². The molecule has 0 aliphatic rings. The van der Waals surface area contributed by atoms with Crippen molar-refractivity contribution in [1.82, 2.24) is 5.32 Å². The van der Waals surface area contributed by atoms with Gasteiger partial charge in [-0.25, -0.2) is 4.79 Å². The molecule has 0 saturated heterocycles. The minimum absolute atomic E-state index is 0.0733. The largest absolute Gasteiger partial charge is 0.491 e. The lowest BCUT2D eigenvalue weighted by molar-refractivity contribution is 0.249. The summed E-state index contributed by atoms with van der Waals surface area (Å²) in [5, 5.41) is 6.03. The summed E-state index contributed by atoms with van der Waals surface area (Å²) in [5.41, 5.74) is 0.578. The van der Waals surface area contributed by atoms with Gasteiger partial charge in [0.1, 0.15) is 5.75 Å².